The largest absolute Gasteiger partial charge is 0.421 e. The zero-order chi connectivity index (χ0) is 10.4. The van der Waals surface area contributed by atoms with Crippen LogP contribution in [0.2, 0.25) is 0 Å². The minimum Gasteiger partial charge on any atom is -0.421 e. The van der Waals surface area contributed by atoms with Crippen LogP contribution in [-0.2, 0) is 7.05 Å². The quantitative estimate of drug-likeness (QED) is 0.519. The molecule has 0 saturated heterocycles. The summed E-state index contributed by atoms with van der Waals surface area (Å²) in [5, 5.41) is 5.82. The Balaban J connectivity index is 2.71. The normalized spacial score (nSPS) is 11.3. The van der Waals surface area contributed by atoms with Crippen molar-refractivity contribution in [2.24, 2.45) is 7.05 Å². The fourth-order valence-electron chi connectivity index (χ4n) is 1.80. The van der Waals surface area contributed by atoms with Gasteiger partial charge in [-0.25, -0.2) is 4.79 Å². The van der Waals surface area contributed by atoms with Crippen molar-refractivity contribution < 1.29 is 4.42 Å². The van der Waals surface area contributed by atoms with E-state index in [1.165, 1.54) is 4.68 Å². The summed E-state index contributed by atoms with van der Waals surface area (Å²) in [5.41, 5.74) is 0.764. The number of aryl methyl sites for hydroxylation is 1. The molecule has 0 bridgehead atoms. The second kappa shape index (κ2) is 2.70. The molecule has 4 nitrogen and oxygen atoms in total. The van der Waals surface area contributed by atoms with E-state index in [0.29, 0.717) is 11.1 Å². The molecule has 0 fully saturated rings. The first-order chi connectivity index (χ1) is 7.27. The van der Waals surface area contributed by atoms with Crippen molar-refractivity contribution >= 4 is 21.9 Å². The van der Waals surface area contributed by atoms with E-state index < -0.39 is 0 Å². The summed E-state index contributed by atoms with van der Waals surface area (Å²) >= 11 is 0. The number of rotatable bonds is 0. The Morgan fingerprint density at radius 1 is 1.27 bits per heavy atom. The maximum Gasteiger partial charge on any atom is 0.362 e. The van der Waals surface area contributed by atoms with Crippen LogP contribution in [-0.4, -0.2) is 9.78 Å². The average molecular weight is 200 g/mol. The van der Waals surface area contributed by atoms with E-state index >= 15 is 0 Å². The zero-order valence-corrected chi connectivity index (χ0v) is 8.10. The van der Waals surface area contributed by atoms with Crippen molar-refractivity contribution in [1.82, 2.24) is 9.78 Å². The third-order valence-electron chi connectivity index (χ3n) is 2.51. The van der Waals surface area contributed by atoms with Crippen LogP contribution in [0.1, 0.15) is 0 Å². The van der Waals surface area contributed by atoms with Crippen molar-refractivity contribution in [2.45, 2.75) is 0 Å². The van der Waals surface area contributed by atoms with Gasteiger partial charge in [0.05, 0.1) is 6.20 Å². The van der Waals surface area contributed by atoms with Gasteiger partial charge >= 0.3 is 5.63 Å². The third-order valence-corrected chi connectivity index (χ3v) is 2.51. The zero-order valence-electron chi connectivity index (χ0n) is 8.10. The molecule has 0 spiro atoms. The predicted molar refractivity (Wildman–Crippen MR) is 56.8 cm³/mol. The Kier molecular flexibility index (Phi) is 1.48. The lowest BCUT2D eigenvalue weighted by molar-refractivity contribution is 0.563. The summed E-state index contributed by atoms with van der Waals surface area (Å²) in [4.78, 5) is 11.6. The summed E-state index contributed by atoms with van der Waals surface area (Å²) < 4.78 is 6.73. The number of aromatic nitrogens is 2. The maximum atomic E-state index is 11.6. The average Bonchev–Trinajstić information content (AvgIpc) is 2.62. The molecule has 0 amide bonds. The summed E-state index contributed by atoms with van der Waals surface area (Å²) in [6.07, 6.45) is 1.69. The first kappa shape index (κ1) is 8.23. The Morgan fingerprint density at radius 3 is 2.93 bits per heavy atom. The van der Waals surface area contributed by atoms with E-state index in [0.717, 1.165) is 10.8 Å². The lowest BCUT2D eigenvalue weighted by atomic mass is 10.2. The molecule has 0 atom stereocenters. The van der Waals surface area contributed by atoms with Gasteiger partial charge in [0.2, 0.25) is 0 Å². The van der Waals surface area contributed by atoms with E-state index in [9.17, 15) is 4.79 Å². The van der Waals surface area contributed by atoms with Crippen molar-refractivity contribution in [1.29, 1.82) is 0 Å². The molecule has 3 aromatic rings. The predicted octanol–water partition coefficient (Wildman–Crippen LogP) is 1.68. The van der Waals surface area contributed by atoms with E-state index in [1.54, 1.807) is 19.3 Å². The molecule has 74 valence electrons. The highest BCUT2D eigenvalue weighted by Crippen LogP contribution is 2.21. The minimum atomic E-state index is -0.344. The molecular formula is C11H8N2O2. The molecular weight excluding hydrogens is 192 g/mol. The fourth-order valence-corrected chi connectivity index (χ4v) is 1.80. The lowest BCUT2D eigenvalue weighted by Crippen LogP contribution is -2.04. The van der Waals surface area contributed by atoms with Crippen LogP contribution in [0.5, 0.6) is 0 Å². The molecule has 4 heteroatoms. The van der Waals surface area contributed by atoms with Crippen LogP contribution in [0.4, 0.5) is 0 Å². The molecule has 3 rings (SSSR count). The van der Waals surface area contributed by atoms with Gasteiger partial charge in [0.1, 0.15) is 5.58 Å². The molecule has 0 aliphatic carbocycles. The molecule has 15 heavy (non-hydrogen) atoms. The van der Waals surface area contributed by atoms with Crippen molar-refractivity contribution in [3.8, 4) is 0 Å². The third kappa shape index (κ3) is 1.01. The van der Waals surface area contributed by atoms with Crippen LogP contribution in [0.3, 0.4) is 0 Å². The number of para-hydroxylation sites is 1. The second-order valence-electron chi connectivity index (χ2n) is 3.42. The molecule has 0 N–H and O–H groups in total. The van der Waals surface area contributed by atoms with Gasteiger partial charge in [-0.05, 0) is 6.07 Å². The summed E-state index contributed by atoms with van der Waals surface area (Å²) in [6, 6.07) is 7.45. The maximum absolute atomic E-state index is 11.6. The molecule has 1 aromatic carbocycles. The Hall–Kier alpha value is -2.10. The fraction of sp³-hybridized carbons (Fsp3) is 0.0909. The van der Waals surface area contributed by atoms with Crippen LogP contribution in [0, 0.1) is 0 Å². The van der Waals surface area contributed by atoms with Crippen LogP contribution in [0.15, 0.2) is 39.7 Å². The van der Waals surface area contributed by atoms with Gasteiger partial charge in [0.15, 0.2) is 5.52 Å². The van der Waals surface area contributed by atoms with Gasteiger partial charge < -0.3 is 4.42 Å². The topological polar surface area (TPSA) is 48.0 Å². The van der Waals surface area contributed by atoms with E-state index in [4.69, 9.17) is 4.42 Å². The SMILES string of the molecule is Cn1ncc2c3ccccc3oc(=O)c21. The van der Waals surface area contributed by atoms with Gasteiger partial charge in [-0.1, -0.05) is 18.2 Å². The smallest absolute Gasteiger partial charge is 0.362 e. The molecule has 0 unspecified atom stereocenters. The molecule has 0 saturated carbocycles. The van der Waals surface area contributed by atoms with E-state index in [2.05, 4.69) is 5.10 Å². The van der Waals surface area contributed by atoms with Crippen molar-refractivity contribution in [3.05, 3.63) is 40.9 Å². The molecule has 2 heterocycles. The molecule has 0 aliphatic heterocycles. The number of nitrogens with zero attached hydrogens (tertiary/aromatic N) is 2. The van der Waals surface area contributed by atoms with Gasteiger partial charge in [-0.15, -0.1) is 0 Å². The van der Waals surface area contributed by atoms with Gasteiger partial charge in [0, 0.05) is 17.8 Å². The van der Waals surface area contributed by atoms with E-state index in [-0.39, 0.29) is 5.63 Å². The highest BCUT2D eigenvalue weighted by atomic mass is 16.4. The minimum absolute atomic E-state index is 0.344. The van der Waals surface area contributed by atoms with Gasteiger partial charge in [-0.2, -0.15) is 5.10 Å². The second-order valence-corrected chi connectivity index (χ2v) is 3.42. The van der Waals surface area contributed by atoms with Gasteiger partial charge in [0.25, 0.3) is 0 Å². The van der Waals surface area contributed by atoms with Crippen LogP contribution in [0.25, 0.3) is 21.9 Å². The molecule has 2 aromatic heterocycles. The number of hydrogen-bond acceptors (Lipinski definition) is 3. The highest BCUT2D eigenvalue weighted by molar-refractivity contribution is 6.02. The number of hydrogen-bond donors (Lipinski definition) is 0. The summed E-state index contributed by atoms with van der Waals surface area (Å²) in [5.74, 6) is 0. The van der Waals surface area contributed by atoms with Crippen LogP contribution < -0.4 is 5.63 Å². The monoisotopic (exact) mass is 200 g/mol. The highest BCUT2D eigenvalue weighted by Gasteiger charge is 2.09. The number of benzene rings is 1. The summed E-state index contributed by atoms with van der Waals surface area (Å²) in [7, 11) is 1.73. The van der Waals surface area contributed by atoms with Crippen LogP contribution >= 0.6 is 0 Å². The molecule has 0 aliphatic rings. The summed E-state index contributed by atoms with van der Waals surface area (Å²) in [6.45, 7) is 0. The van der Waals surface area contributed by atoms with E-state index in [1.807, 2.05) is 18.2 Å². The first-order valence-electron chi connectivity index (χ1n) is 4.61. The Labute approximate surface area is 84.7 Å². The lowest BCUT2D eigenvalue weighted by Gasteiger charge is -1.97. The Morgan fingerprint density at radius 2 is 2.07 bits per heavy atom. The first-order valence-corrected chi connectivity index (χ1v) is 4.61. The van der Waals surface area contributed by atoms with Gasteiger partial charge in [-0.3, -0.25) is 4.68 Å². The van der Waals surface area contributed by atoms with Crippen molar-refractivity contribution in [2.75, 3.05) is 0 Å². The number of fused-ring (bicyclic) bond motifs is 3. The standard InChI is InChI=1S/C11H8N2O2/c1-13-10-8(6-12-13)7-4-2-3-5-9(7)15-11(10)14/h2-6H,1H3. The molecule has 0 radical (unpaired) electrons. The Bertz CT molecular complexity index is 709. The van der Waals surface area contributed by atoms with Crippen molar-refractivity contribution in [3.63, 3.8) is 0 Å².